The van der Waals surface area contributed by atoms with E-state index in [4.69, 9.17) is 0 Å². The number of hydrogen-bond acceptors (Lipinski definition) is 4. The van der Waals surface area contributed by atoms with Gasteiger partial charge in [0.1, 0.15) is 5.75 Å². The summed E-state index contributed by atoms with van der Waals surface area (Å²) in [5.74, 6) is 0.0276. The van der Waals surface area contributed by atoms with E-state index in [2.05, 4.69) is 12.2 Å². The van der Waals surface area contributed by atoms with Gasteiger partial charge in [-0.05, 0) is 60.9 Å². The Bertz CT molecular complexity index is 1010. The number of sulfone groups is 1. The molecule has 2 rings (SSSR count). The molecule has 0 fully saturated rings. The maximum atomic E-state index is 12.6. The number of amides is 1. The third-order valence-electron chi connectivity index (χ3n) is 5.92. The summed E-state index contributed by atoms with van der Waals surface area (Å²) in [4.78, 5) is 12.6. The minimum atomic E-state index is -3.32. The minimum absolute atomic E-state index is 0.157. The Hall–Kier alpha value is -2.60. The average molecular weight is 486 g/mol. The van der Waals surface area contributed by atoms with Crippen molar-refractivity contribution in [3.8, 4) is 5.75 Å². The first-order chi connectivity index (χ1) is 16.3. The molecule has 0 aliphatic carbocycles. The fourth-order valence-corrected chi connectivity index (χ4v) is 5.20. The smallest absolute Gasteiger partial charge is 0.248 e. The van der Waals surface area contributed by atoms with Crippen LogP contribution in [0.2, 0.25) is 0 Å². The zero-order chi connectivity index (χ0) is 24.8. The van der Waals surface area contributed by atoms with Gasteiger partial charge in [-0.2, -0.15) is 0 Å². The van der Waals surface area contributed by atoms with Gasteiger partial charge in [0.05, 0.1) is 10.6 Å². The van der Waals surface area contributed by atoms with Gasteiger partial charge in [0, 0.05) is 11.8 Å². The summed E-state index contributed by atoms with van der Waals surface area (Å²) < 4.78 is 25.2. The van der Waals surface area contributed by atoms with Crippen molar-refractivity contribution in [2.45, 2.75) is 83.0 Å². The lowest BCUT2D eigenvalue weighted by molar-refractivity contribution is -0.111. The summed E-state index contributed by atoms with van der Waals surface area (Å²) in [5, 5.41) is 12.1. The second kappa shape index (κ2) is 14.6. The van der Waals surface area contributed by atoms with E-state index in [0.717, 1.165) is 24.0 Å². The van der Waals surface area contributed by atoms with Gasteiger partial charge in [0.2, 0.25) is 5.91 Å². The van der Waals surface area contributed by atoms with Crippen LogP contribution in [-0.4, -0.2) is 25.2 Å². The molecule has 0 unspecified atom stereocenters. The molecule has 0 radical (unpaired) electrons. The van der Waals surface area contributed by atoms with E-state index < -0.39 is 9.84 Å². The van der Waals surface area contributed by atoms with E-state index in [1.165, 1.54) is 51.0 Å². The van der Waals surface area contributed by atoms with Gasteiger partial charge in [-0.25, -0.2) is 8.42 Å². The van der Waals surface area contributed by atoms with Crippen LogP contribution in [0.5, 0.6) is 5.75 Å². The Kier molecular flexibility index (Phi) is 11.9. The molecule has 0 spiro atoms. The molecular weight excluding hydrogens is 446 g/mol. The number of phenolic OH excluding ortho intramolecular Hbond substituents is 1. The van der Waals surface area contributed by atoms with E-state index >= 15 is 0 Å². The zero-order valence-electron chi connectivity index (χ0n) is 20.6. The van der Waals surface area contributed by atoms with E-state index in [-0.39, 0.29) is 22.3 Å². The Morgan fingerprint density at radius 1 is 0.824 bits per heavy atom. The number of carbonyl (C=O) groups is 1. The van der Waals surface area contributed by atoms with Gasteiger partial charge >= 0.3 is 0 Å². The van der Waals surface area contributed by atoms with Crippen LogP contribution in [0.4, 0.5) is 5.69 Å². The first-order valence-electron chi connectivity index (χ1n) is 12.4. The van der Waals surface area contributed by atoms with Crippen molar-refractivity contribution in [2.24, 2.45) is 0 Å². The van der Waals surface area contributed by atoms with Gasteiger partial charge in [-0.15, -0.1) is 0 Å². The van der Waals surface area contributed by atoms with Crippen molar-refractivity contribution in [1.29, 1.82) is 0 Å². The number of phenols is 1. The van der Waals surface area contributed by atoms with Crippen molar-refractivity contribution in [3.63, 3.8) is 0 Å². The Morgan fingerprint density at radius 3 is 1.91 bits per heavy atom. The number of hydrogen-bond donors (Lipinski definition) is 2. The highest BCUT2D eigenvalue weighted by Gasteiger charge is 2.14. The molecule has 6 heteroatoms. The molecule has 0 aromatic heterocycles. The predicted molar refractivity (Wildman–Crippen MR) is 141 cm³/mol. The minimum Gasteiger partial charge on any atom is -0.508 e. The second-order valence-corrected chi connectivity index (χ2v) is 11.0. The van der Waals surface area contributed by atoms with Crippen molar-refractivity contribution in [3.05, 3.63) is 60.2 Å². The summed E-state index contributed by atoms with van der Waals surface area (Å²) in [7, 11) is -3.32. The summed E-state index contributed by atoms with van der Waals surface area (Å²) >= 11 is 0. The molecule has 2 aromatic carbocycles. The van der Waals surface area contributed by atoms with Gasteiger partial charge < -0.3 is 10.4 Å². The average Bonchev–Trinajstić information content (AvgIpc) is 2.81. The van der Waals surface area contributed by atoms with Crippen LogP contribution in [0, 0.1) is 0 Å². The Balaban J connectivity index is 1.75. The quantitative estimate of drug-likeness (QED) is 0.208. The monoisotopic (exact) mass is 485 g/mol. The largest absolute Gasteiger partial charge is 0.508 e. The molecule has 0 saturated heterocycles. The number of benzene rings is 2. The molecule has 0 bridgehead atoms. The number of carbonyl (C=O) groups excluding carboxylic acids is 1. The summed E-state index contributed by atoms with van der Waals surface area (Å²) in [6, 6.07) is 13.0. The third kappa shape index (κ3) is 10.1. The number of unbranched alkanes of at least 4 members (excludes halogenated alkanes) is 9. The maximum Gasteiger partial charge on any atom is 0.248 e. The fourth-order valence-electron chi connectivity index (χ4n) is 3.83. The lowest BCUT2D eigenvalue weighted by Gasteiger charge is -2.08. The van der Waals surface area contributed by atoms with Crippen molar-refractivity contribution in [2.75, 3.05) is 11.1 Å². The van der Waals surface area contributed by atoms with Crippen LogP contribution in [-0.2, 0) is 14.6 Å². The number of anilines is 1. The molecule has 0 aliphatic heterocycles. The third-order valence-corrected chi connectivity index (χ3v) is 7.73. The molecule has 5 nitrogen and oxygen atoms in total. The van der Waals surface area contributed by atoms with Gasteiger partial charge in [-0.3, -0.25) is 4.79 Å². The standard InChI is InChI=1S/C28H39NO4S/c1-3-4-5-6-7-8-9-10-11-12-21-34(32,33)27-19-15-25(16-20-27)29-28(31)22-23(2)24-13-17-26(30)18-14-24/h13-20,22,30H,3-12,21H2,1-2H3,(H,29,31)/b23-22+. The first kappa shape index (κ1) is 27.6. The molecule has 0 atom stereocenters. The molecule has 2 N–H and O–H groups in total. The van der Waals surface area contributed by atoms with Crippen LogP contribution >= 0.6 is 0 Å². The summed E-state index contributed by atoms with van der Waals surface area (Å²) in [5.41, 5.74) is 2.13. The summed E-state index contributed by atoms with van der Waals surface area (Å²) in [6.07, 6.45) is 13.1. The van der Waals surface area contributed by atoms with E-state index in [1.54, 1.807) is 48.5 Å². The van der Waals surface area contributed by atoms with Gasteiger partial charge in [0.25, 0.3) is 0 Å². The van der Waals surface area contributed by atoms with Gasteiger partial charge in [0.15, 0.2) is 9.84 Å². The molecule has 0 aliphatic rings. The van der Waals surface area contributed by atoms with E-state index in [0.29, 0.717) is 12.1 Å². The molecule has 0 saturated carbocycles. The SMILES string of the molecule is CCCCCCCCCCCCS(=O)(=O)c1ccc(NC(=O)/C=C(\C)c2ccc(O)cc2)cc1. The normalized spacial score (nSPS) is 12.0. The number of aromatic hydroxyl groups is 1. The molecule has 1 amide bonds. The van der Waals surface area contributed by atoms with Crippen LogP contribution in [0.25, 0.3) is 5.57 Å². The van der Waals surface area contributed by atoms with E-state index in [9.17, 15) is 18.3 Å². The van der Waals surface area contributed by atoms with E-state index in [1.807, 2.05) is 6.92 Å². The topological polar surface area (TPSA) is 83.5 Å². The molecule has 0 heterocycles. The van der Waals surface area contributed by atoms with Crippen molar-refractivity contribution >= 4 is 27.0 Å². The molecule has 34 heavy (non-hydrogen) atoms. The molecule has 186 valence electrons. The Labute approximate surface area is 205 Å². The van der Waals surface area contributed by atoms with Crippen LogP contribution < -0.4 is 5.32 Å². The highest BCUT2D eigenvalue weighted by atomic mass is 32.2. The van der Waals surface area contributed by atoms with Crippen molar-refractivity contribution in [1.82, 2.24) is 0 Å². The highest BCUT2D eigenvalue weighted by Crippen LogP contribution is 2.20. The number of allylic oxidation sites excluding steroid dienone is 1. The first-order valence-corrected chi connectivity index (χ1v) is 14.1. The second-order valence-electron chi connectivity index (χ2n) is 8.89. The Morgan fingerprint density at radius 2 is 1.35 bits per heavy atom. The molecule has 2 aromatic rings. The van der Waals surface area contributed by atoms with Crippen LogP contribution in [0.3, 0.4) is 0 Å². The van der Waals surface area contributed by atoms with Crippen LogP contribution in [0.1, 0.15) is 83.6 Å². The lowest BCUT2D eigenvalue weighted by atomic mass is 10.1. The number of rotatable bonds is 15. The highest BCUT2D eigenvalue weighted by molar-refractivity contribution is 7.91. The lowest BCUT2D eigenvalue weighted by Crippen LogP contribution is -2.10. The zero-order valence-corrected chi connectivity index (χ0v) is 21.4. The van der Waals surface area contributed by atoms with Gasteiger partial charge in [-0.1, -0.05) is 76.8 Å². The maximum absolute atomic E-state index is 12.6. The van der Waals surface area contributed by atoms with Crippen LogP contribution in [0.15, 0.2) is 59.5 Å². The predicted octanol–water partition coefficient (Wildman–Crippen LogP) is 7.13. The molecular formula is C28H39NO4S. The summed E-state index contributed by atoms with van der Waals surface area (Å²) in [6.45, 7) is 4.04. The number of nitrogens with one attached hydrogen (secondary N) is 1. The fraction of sp³-hybridized carbons (Fsp3) is 0.464. The van der Waals surface area contributed by atoms with Crippen molar-refractivity contribution < 1.29 is 18.3 Å².